The molecule has 0 bridgehead atoms. The second-order valence-corrected chi connectivity index (χ2v) is 4.09. The fourth-order valence-corrected chi connectivity index (χ4v) is 1.51. The average molecular weight is 264 g/mol. The summed E-state index contributed by atoms with van der Waals surface area (Å²) in [4.78, 5) is 23.1. The van der Waals surface area contributed by atoms with E-state index in [4.69, 9.17) is 4.74 Å². The fraction of sp³-hybridized carbons (Fsp3) is 0.429. The second-order valence-electron chi connectivity index (χ2n) is 4.09. The van der Waals surface area contributed by atoms with Crippen LogP contribution in [0.1, 0.15) is 30.1 Å². The van der Waals surface area contributed by atoms with Crippen molar-refractivity contribution in [1.82, 2.24) is 10.6 Å². The predicted octanol–water partition coefficient (Wildman–Crippen LogP) is 1.34. The Morgan fingerprint density at radius 2 is 2.00 bits per heavy atom. The van der Waals surface area contributed by atoms with Crippen LogP contribution in [0.15, 0.2) is 24.3 Å². The summed E-state index contributed by atoms with van der Waals surface area (Å²) in [6.07, 6.45) is 1.19. The molecule has 104 valence electrons. The van der Waals surface area contributed by atoms with Crippen LogP contribution in [-0.4, -0.2) is 32.0 Å². The third kappa shape index (κ3) is 5.42. The van der Waals surface area contributed by atoms with Gasteiger partial charge in [-0.1, -0.05) is 13.0 Å². The minimum atomic E-state index is -0.206. The number of methoxy groups -OCH3 is 1. The molecule has 2 N–H and O–H groups in total. The largest absolute Gasteiger partial charge is 0.497 e. The monoisotopic (exact) mass is 264 g/mol. The van der Waals surface area contributed by atoms with E-state index in [1.165, 1.54) is 0 Å². The van der Waals surface area contributed by atoms with Crippen molar-refractivity contribution in [2.24, 2.45) is 0 Å². The molecule has 5 nitrogen and oxygen atoms in total. The van der Waals surface area contributed by atoms with E-state index in [-0.39, 0.29) is 18.2 Å². The highest BCUT2D eigenvalue weighted by Crippen LogP contribution is 2.12. The summed E-state index contributed by atoms with van der Waals surface area (Å²) in [6, 6.07) is 6.89. The maximum Gasteiger partial charge on any atom is 0.251 e. The van der Waals surface area contributed by atoms with Gasteiger partial charge in [0.1, 0.15) is 5.75 Å². The first-order valence-electron chi connectivity index (χ1n) is 6.36. The van der Waals surface area contributed by atoms with Gasteiger partial charge in [-0.15, -0.1) is 0 Å². The summed E-state index contributed by atoms with van der Waals surface area (Å²) in [7, 11) is 1.55. The van der Waals surface area contributed by atoms with Crippen molar-refractivity contribution < 1.29 is 14.3 Å². The van der Waals surface area contributed by atoms with Gasteiger partial charge < -0.3 is 15.4 Å². The zero-order valence-electron chi connectivity index (χ0n) is 11.4. The van der Waals surface area contributed by atoms with Gasteiger partial charge in [-0.2, -0.15) is 0 Å². The van der Waals surface area contributed by atoms with Crippen molar-refractivity contribution in [3.63, 3.8) is 0 Å². The predicted molar refractivity (Wildman–Crippen MR) is 73.2 cm³/mol. The fourth-order valence-electron chi connectivity index (χ4n) is 1.51. The summed E-state index contributed by atoms with van der Waals surface area (Å²) >= 11 is 0. The Morgan fingerprint density at radius 1 is 1.21 bits per heavy atom. The van der Waals surface area contributed by atoms with Gasteiger partial charge in [0.25, 0.3) is 5.91 Å². The lowest BCUT2D eigenvalue weighted by Crippen LogP contribution is -2.31. The second kappa shape index (κ2) is 8.13. The molecule has 0 aliphatic rings. The van der Waals surface area contributed by atoms with Crippen molar-refractivity contribution in [3.8, 4) is 5.75 Å². The first-order chi connectivity index (χ1) is 9.17. The van der Waals surface area contributed by atoms with Crippen LogP contribution < -0.4 is 15.4 Å². The maximum atomic E-state index is 11.8. The Morgan fingerprint density at radius 3 is 2.68 bits per heavy atom. The molecular weight excluding hydrogens is 244 g/mol. The molecule has 1 aromatic rings. The van der Waals surface area contributed by atoms with Crippen molar-refractivity contribution in [1.29, 1.82) is 0 Å². The topological polar surface area (TPSA) is 67.4 Å². The summed E-state index contributed by atoms with van der Waals surface area (Å²) < 4.78 is 5.05. The molecule has 0 aliphatic heterocycles. The van der Waals surface area contributed by atoms with E-state index in [1.54, 1.807) is 31.4 Å². The number of rotatable bonds is 7. The minimum absolute atomic E-state index is 0.0483. The van der Waals surface area contributed by atoms with Gasteiger partial charge in [0.2, 0.25) is 5.91 Å². The number of carbonyl (C=O) groups is 2. The van der Waals surface area contributed by atoms with Crippen molar-refractivity contribution in [3.05, 3.63) is 29.8 Å². The van der Waals surface area contributed by atoms with Crippen LogP contribution in [0.25, 0.3) is 0 Å². The molecule has 0 heterocycles. The number of ether oxygens (including phenoxy) is 1. The quantitative estimate of drug-likeness (QED) is 0.781. The normalized spacial score (nSPS) is 9.79. The van der Waals surface area contributed by atoms with Crippen LogP contribution in [0.2, 0.25) is 0 Å². The summed E-state index contributed by atoms with van der Waals surface area (Å²) in [6.45, 7) is 2.99. The van der Waals surface area contributed by atoms with Crippen LogP contribution in [0.4, 0.5) is 0 Å². The Kier molecular flexibility index (Phi) is 6.43. The van der Waals surface area contributed by atoms with E-state index >= 15 is 0 Å². The van der Waals surface area contributed by atoms with Crippen molar-refractivity contribution in [2.45, 2.75) is 19.8 Å². The molecule has 0 fully saturated rings. The Bertz CT molecular complexity index is 432. The van der Waals surface area contributed by atoms with Crippen LogP contribution in [-0.2, 0) is 4.79 Å². The zero-order chi connectivity index (χ0) is 14.1. The molecule has 0 unspecified atom stereocenters. The first kappa shape index (κ1) is 15.0. The van der Waals surface area contributed by atoms with Gasteiger partial charge in [-0.05, 0) is 24.6 Å². The lowest BCUT2D eigenvalue weighted by atomic mass is 10.2. The Balaban J connectivity index is 2.36. The molecule has 0 aliphatic carbocycles. The number of nitrogens with one attached hydrogen (secondary N) is 2. The van der Waals surface area contributed by atoms with Gasteiger partial charge in [0.05, 0.1) is 7.11 Å². The Hall–Kier alpha value is -2.04. The van der Waals surface area contributed by atoms with Crippen LogP contribution >= 0.6 is 0 Å². The molecule has 1 aromatic carbocycles. The van der Waals surface area contributed by atoms with Gasteiger partial charge in [-0.25, -0.2) is 0 Å². The highest BCUT2D eigenvalue weighted by molar-refractivity contribution is 5.94. The molecule has 5 heteroatoms. The van der Waals surface area contributed by atoms with Gasteiger partial charge >= 0.3 is 0 Å². The van der Waals surface area contributed by atoms with Gasteiger partial charge in [0.15, 0.2) is 0 Å². The maximum absolute atomic E-state index is 11.8. The number of hydrogen-bond donors (Lipinski definition) is 2. The molecular formula is C14H20N2O3. The summed E-state index contributed by atoms with van der Waals surface area (Å²) in [5.41, 5.74) is 0.522. The van der Waals surface area contributed by atoms with Crippen LogP contribution in [0.5, 0.6) is 5.75 Å². The molecule has 0 saturated heterocycles. The minimum Gasteiger partial charge on any atom is -0.497 e. The van der Waals surface area contributed by atoms with Crippen LogP contribution in [0, 0.1) is 0 Å². The SMILES string of the molecule is CCCNC(=O)CCNC(=O)c1cccc(OC)c1. The lowest BCUT2D eigenvalue weighted by molar-refractivity contribution is -0.120. The number of amides is 2. The summed E-state index contributed by atoms with van der Waals surface area (Å²) in [5.74, 6) is 0.378. The molecule has 1 rings (SSSR count). The third-order valence-corrected chi connectivity index (χ3v) is 2.54. The smallest absolute Gasteiger partial charge is 0.251 e. The molecule has 0 radical (unpaired) electrons. The number of carbonyl (C=O) groups excluding carboxylic acids is 2. The molecule has 0 aromatic heterocycles. The lowest BCUT2D eigenvalue weighted by Gasteiger charge is -2.07. The van der Waals surface area contributed by atoms with E-state index < -0.39 is 0 Å². The third-order valence-electron chi connectivity index (χ3n) is 2.54. The average Bonchev–Trinajstić information content (AvgIpc) is 2.45. The Labute approximate surface area is 113 Å². The van der Waals surface area contributed by atoms with Gasteiger partial charge in [-0.3, -0.25) is 9.59 Å². The molecule has 2 amide bonds. The van der Waals surface area contributed by atoms with E-state index in [0.29, 0.717) is 24.4 Å². The number of hydrogen-bond acceptors (Lipinski definition) is 3. The summed E-state index contributed by atoms with van der Waals surface area (Å²) in [5, 5.41) is 5.46. The van der Waals surface area contributed by atoms with Crippen LogP contribution in [0.3, 0.4) is 0 Å². The standard InChI is InChI=1S/C14H20N2O3/c1-3-8-15-13(17)7-9-16-14(18)11-5-4-6-12(10-11)19-2/h4-6,10H,3,7-9H2,1-2H3,(H,15,17)(H,16,18). The highest BCUT2D eigenvalue weighted by atomic mass is 16.5. The number of benzene rings is 1. The molecule has 0 saturated carbocycles. The first-order valence-corrected chi connectivity index (χ1v) is 6.36. The van der Waals surface area contributed by atoms with E-state index in [9.17, 15) is 9.59 Å². The zero-order valence-corrected chi connectivity index (χ0v) is 11.4. The van der Waals surface area contributed by atoms with E-state index in [1.807, 2.05) is 6.92 Å². The van der Waals surface area contributed by atoms with Crippen molar-refractivity contribution in [2.75, 3.05) is 20.2 Å². The highest BCUT2D eigenvalue weighted by Gasteiger charge is 2.07. The van der Waals surface area contributed by atoms with E-state index in [2.05, 4.69) is 10.6 Å². The van der Waals surface area contributed by atoms with E-state index in [0.717, 1.165) is 6.42 Å². The van der Waals surface area contributed by atoms with Gasteiger partial charge in [0, 0.05) is 25.1 Å². The molecule has 0 spiro atoms. The van der Waals surface area contributed by atoms with Crippen molar-refractivity contribution >= 4 is 11.8 Å². The molecule has 0 atom stereocenters. The molecule has 19 heavy (non-hydrogen) atoms.